The molecule has 1 fully saturated rings. The van der Waals surface area contributed by atoms with Crippen LogP contribution in [0.2, 0.25) is 0 Å². The van der Waals surface area contributed by atoms with Gasteiger partial charge in [-0.25, -0.2) is 0 Å². The van der Waals surface area contributed by atoms with E-state index in [4.69, 9.17) is 5.73 Å². The van der Waals surface area contributed by atoms with Gasteiger partial charge in [0.05, 0.1) is 5.56 Å². The molecule has 1 aliphatic rings. The average molecular weight is 390 g/mol. The van der Waals surface area contributed by atoms with Gasteiger partial charge in [0.1, 0.15) is 0 Å². The highest BCUT2D eigenvalue weighted by Crippen LogP contribution is 2.40. The maximum atomic E-state index is 13.4. The van der Waals surface area contributed by atoms with Crippen molar-refractivity contribution in [2.45, 2.75) is 70.4 Å². The van der Waals surface area contributed by atoms with E-state index in [0.29, 0.717) is 11.5 Å². The quantitative estimate of drug-likeness (QED) is 0.396. The second kappa shape index (κ2) is 9.02. The summed E-state index contributed by atoms with van der Waals surface area (Å²) in [5.74, 6) is 1.39. The van der Waals surface area contributed by atoms with E-state index in [9.17, 15) is 13.2 Å². The summed E-state index contributed by atoms with van der Waals surface area (Å²) in [6.45, 7) is 2.24. The molecule has 0 atom stereocenters. The molecule has 0 aromatic heterocycles. The minimum atomic E-state index is -4.42. The molecule has 152 valence electrons. The van der Waals surface area contributed by atoms with Gasteiger partial charge in [0, 0.05) is 5.69 Å². The van der Waals surface area contributed by atoms with Crippen LogP contribution in [0.25, 0.3) is 11.1 Å². The SMILES string of the molecule is CCCCC[C@H]1CC[C@H](c2ccc(-c3ccc(N)cc3C(F)(F)F)cc2)CC1. The van der Waals surface area contributed by atoms with Gasteiger partial charge in [0.15, 0.2) is 0 Å². The molecule has 1 nitrogen and oxygen atoms in total. The highest BCUT2D eigenvalue weighted by Gasteiger charge is 2.34. The average Bonchev–Trinajstić information content (AvgIpc) is 2.68. The number of hydrogen-bond donors (Lipinski definition) is 1. The smallest absolute Gasteiger partial charge is 0.399 e. The Labute approximate surface area is 166 Å². The molecule has 0 spiro atoms. The van der Waals surface area contributed by atoms with Crippen molar-refractivity contribution in [3.8, 4) is 11.1 Å². The number of alkyl halides is 3. The summed E-state index contributed by atoms with van der Waals surface area (Å²) >= 11 is 0. The third-order valence-electron chi connectivity index (χ3n) is 6.10. The fourth-order valence-corrected chi connectivity index (χ4v) is 4.45. The van der Waals surface area contributed by atoms with Crippen molar-refractivity contribution < 1.29 is 13.2 Å². The van der Waals surface area contributed by atoms with E-state index in [0.717, 1.165) is 12.0 Å². The summed E-state index contributed by atoms with van der Waals surface area (Å²) in [6, 6.07) is 11.7. The lowest BCUT2D eigenvalue weighted by Gasteiger charge is -2.29. The summed E-state index contributed by atoms with van der Waals surface area (Å²) in [5.41, 5.74) is 7.05. The summed E-state index contributed by atoms with van der Waals surface area (Å²) in [5, 5.41) is 0. The fourth-order valence-electron chi connectivity index (χ4n) is 4.45. The Hall–Kier alpha value is -1.97. The maximum Gasteiger partial charge on any atom is 0.417 e. The molecule has 0 heterocycles. The molecule has 0 aliphatic heterocycles. The molecule has 0 unspecified atom stereocenters. The summed E-state index contributed by atoms with van der Waals surface area (Å²) < 4.78 is 40.1. The first-order valence-electron chi connectivity index (χ1n) is 10.5. The molecule has 0 radical (unpaired) electrons. The minimum absolute atomic E-state index is 0.128. The molecule has 3 rings (SSSR count). The van der Waals surface area contributed by atoms with Crippen LogP contribution in [0.1, 0.15) is 75.3 Å². The molecule has 2 aromatic carbocycles. The molecular weight excluding hydrogens is 359 g/mol. The minimum Gasteiger partial charge on any atom is -0.399 e. The van der Waals surface area contributed by atoms with Crippen LogP contribution >= 0.6 is 0 Å². The monoisotopic (exact) mass is 389 g/mol. The first kappa shape index (κ1) is 20.8. The molecule has 0 saturated heterocycles. The lowest BCUT2D eigenvalue weighted by Crippen LogP contribution is -2.13. The predicted molar refractivity (Wildman–Crippen MR) is 110 cm³/mol. The van der Waals surface area contributed by atoms with Crippen molar-refractivity contribution in [3.63, 3.8) is 0 Å². The highest BCUT2D eigenvalue weighted by atomic mass is 19.4. The zero-order valence-electron chi connectivity index (χ0n) is 16.6. The Bertz CT molecular complexity index is 756. The van der Waals surface area contributed by atoms with E-state index in [-0.39, 0.29) is 11.3 Å². The number of benzene rings is 2. The van der Waals surface area contributed by atoms with Gasteiger partial charge in [-0.05, 0) is 66.3 Å². The lowest BCUT2D eigenvalue weighted by molar-refractivity contribution is -0.137. The van der Waals surface area contributed by atoms with Gasteiger partial charge >= 0.3 is 6.18 Å². The van der Waals surface area contributed by atoms with E-state index < -0.39 is 11.7 Å². The molecule has 4 heteroatoms. The van der Waals surface area contributed by atoms with E-state index in [1.54, 1.807) is 0 Å². The van der Waals surface area contributed by atoms with Crippen molar-refractivity contribution in [1.82, 2.24) is 0 Å². The van der Waals surface area contributed by atoms with Crippen molar-refractivity contribution in [3.05, 3.63) is 53.6 Å². The van der Waals surface area contributed by atoms with E-state index in [1.807, 2.05) is 24.3 Å². The van der Waals surface area contributed by atoms with Gasteiger partial charge in [-0.3, -0.25) is 0 Å². The number of rotatable bonds is 6. The summed E-state index contributed by atoms with van der Waals surface area (Å²) in [6.07, 6.45) is 5.77. The van der Waals surface area contributed by atoms with Gasteiger partial charge in [-0.1, -0.05) is 62.9 Å². The number of anilines is 1. The van der Waals surface area contributed by atoms with Gasteiger partial charge < -0.3 is 5.73 Å². The molecular formula is C24H30F3N. The molecule has 1 saturated carbocycles. The molecule has 28 heavy (non-hydrogen) atoms. The van der Waals surface area contributed by atoms with Crippen LogP contribution in [0.3, 0.4) is 0 Å². The van der Waals surface area contributed by atoms with Crippen LogP contribution in [0.5, 0.6) is 0 Å². The third-order valence-corrected chi connectivity index (χ3v) is 6.10. The van der Waals surface area contributed by atoms with Crippen molar-refractivity contribution in [2.24, 2.45) is 5.92 Å². The molecule has 0 bridgehead atoms. The standard InChI is InChI=1S/C24H30F3N/c1-2-3-4-5-17-6-8-18(9-7-17)19-10-12-20(13-11-19)22-15-14-21(28)16-23(22)24(25,26)27/h10-18H,2-9,28H2,1H3/t17-,18-. The van der Waals surface area contributed by atoms with E-state index in [1.165, 1.54) is 69.1 Å². The number of nitrogens with two attached hydrogens (primary N) is 1. The number of nitrogen functional groups attached to an aromatic ring is 1. The fraction of sp³-hybridized carbons (Fsp3) is 0.500. The van der Waals surface area contributed by atoms with Gasteiger partial charge in [0.2, 0.25) is 0 Å². The van der Waals surface area contributed by atoms with Gasteiger partial charge in [-0.15, -0.1) is 0 Å². The highest BCUT2D eigenvalue weighted by molar-refractivity contribution is 5.70. The van der Waals surface area contributed by atoms with Crippen LogP contribution in [-0.4, -0.2) is 0 Å². The second-order valence-corrected chi connectivity index (χ2v) is 8.14. The van der Waals surface area contributed by atoms with Gasteiger partial charge in [-0.2, -0.15) is 13.2 Å². The predicted octanol–water partition coefficient (Wildman–Crippen LogP) is 7.81. The zero-order valence-corrected chi connectivity index (χ0v) is 16.6. The number of unbranched alkanes of at least 4 members (excludes halogenated alkanes) is 2. The Balaban J connectivity index is 1.69. The van der Waals surface area contributed by atoms with Crippen LogP contribution in [0.4, 0.5) is 18.9 Å². The Kier molecular flexibility index (Phi) is 6.69. The first-order chi connectivity index (χ1) is 13.4. The maximum absolute atomic E-state index is 13.4. The Morgan fingerprint density at radius 2 is 1.61 bits per heavy atom. The van der Waals surface area contributed by atoms with Crippen molar-refractivity contribution in [1.29, 1.82) is 0 Å². The first-order valence-corrected chi connectivity index (χ1v) is 10.5. The lowest BCUT2D eigenvalue weighted by atomic mass is 9.77. The summed E-state index contributed by atoms with van der Waals surface area (Å²) in [7, 11) is 0. The Morgan fingerprint density at radius 1 is 0.929 bits per heavy atom. The van der Waals surface area contributed by atoms with Crippen molar-refractivity contribution in [2.75, 3.05) is 5.73 Å². The Morgan fingerprint density at radius 3 is 2.21 bits per heavy atom. The molecule has 0 amide bonds. The topological polar surface area (TPSA) is 26.0 Å². The zero-order chi connectivity index (χ0) is 20.1. The van der Waals surface area contributed by atoms with Crippen LogP contribution in [-0.2, 0) is 6.18 Å². The van der Waals surface area contributed by atoms with E-state index in [2.05, 4.69) is 6.92 Å². The molecule has 2 N–H and O–H groups in total. The van der Waals surface area contributed by atoms with E-state index >= 15 is 0 Å². The number of halogens is 3. The van der Waals surface area contributed by atoms with Crippen molar-refractivity contribution >= 4 is 5.69 Å². The van der Waals surface area contributed by atoms with Crippen LogP contribution in [0.15, 0.2) is 42.5 Å². The molecule has 2 aromatic rings. The second-order valence-electron chi connectivity index (χ2n) is 8.14. The van der Waals surface area contributed by atoms with Crippen LogP contribution in [0, 0.1) is 5.92 Å². The largest absolute Gasteiger partial charge is 0.417 e. The number of hydrogen-bond acceptors (Lipinski definition) is 1. The summed E-state index contributed by atoms with van der Waals surface area (Å²) in [4.78, 5) is 0. The normalized spacial score (nSPS) is 20.3. The third kappa shape index (κ3) is 5.09. The van der Waals surface area contributed by atoms with Crippen LogP contribution < -0.4 is 5.73 Å². The van der Waals surface area contributed by atoms with Gasteiger partial charge in [0.25, 0.3) is 0 Å². The molecule has 1 aliphatic carbocycles.